The van der Waals surface area contributed by atoms with E-state index in [1.165, 1.54) is 11.3 Å². The SMILES string of the molecule is Cc1csc(C(=O)Nc2cccc(Cl)c2)n1. The van der Waals surface area contributed by atoms with E-state index >= 15 is 0 Å². The number of benzene rings is 1. The number of hydrogen-bond acceptors (Lipinski definition) is 3. The second-order valence-corrected chi connectivity index (χ2v) is 4.55. The average Bonchev–Trinajstić information content (AvgIpc) is 2.65. The first-order chi connectivity index (χ1) is 7.65. The molecule has 0 fully saturated rings. The van der Waals surface area contributed by atoms with Crippen LogP contribution in [0.1, 0.15) is 15.5 Å². The van der Waals surface area contributed by atoms with Gasteiger partial charge in [0, 0.05) is 21.8 Å². The Kier molecular flexibility index (Phi) is 3.22. The number of hydrogen-bond donors (Lipinski definition) is 1. The molecular formula is C11H9ClN2OS. The Hall–Kier alpha value is -1.39. The molecule has 0 saturated carbocycles. The van der Waals surface area contributed by atoms with Crippen LogP contribution in [0.3, 0.4) is 0 Å². The van der Waals surface area contributed by atoms with Gasteiger partial charge in [-0.15, -0.1) is 11.3 Å². The number of amides is 1. The number of nitrogens with zero attached hydrogens (tertiary/aromatic N) is 1. The zero-order valence-corrected chi connectivity index (χ0v) is 10.1. The predicted octanol–water partition coefficient (Wildman–Crippen LogP) is 3.36. The van der Waals surface area contributed by atoms with Crippen LogP contribution in [0.2, 0.25) is 5.02 Å². The van der Waals surface area contributed by atoms with E-state index in [-0.39, 0.29) is 5.91 Å². The maximum Gasteiger partial charge on any atom is 0.284 e. The quantitative estimate of drug-likeness (QED) is 0.891. The van der Waals surface area contributed by atoms with Crippen LogP contribution >= 0.6 is 22.9 Å². The van der Waals surface area contributed by atoms with E-state index in [2.05, 4.69) is 10.3 Å². The highest BCUT2D eigenvalue weighted by Crippen LogP contribution is 2.17. The molecular weight excluding hydrogens is 244 g/mol. The molecule has 0 radical (unpaired) electrons. The van der Waals surface area contributed by atoms with Crippen molar-refractivity contribution in [2.45, 2.75) is 6.92 Å². The third-order valence-electron chi connectivity index (χ3n) is 1.90. The van der Waals surface area contributed by atoms with Crippen molar-refractivity contribution >= 4 is 34.5 Å². The average molecular weight is 253 g/mol. The van der Waals surface area contributed by atoms with Gasteiger partial charge < -0.3 is 5.32 Å². The van der Waals surface area contributed by atoms with Gasteiger partial charge in [-0.25, -0.2) is 4.98 Å². The second-order valence-electron chi connectivity index (χ2n) is 3.26. The Bertz CT molecular complexity index is 524. The van der Waals surface area contributed by atoms with Gasteiger partial charge in [-0.1, -0.05) is 17.7 Å². The molecule has 1 amide bonds. The van der Waals surface area contributed by atoms with Crippen molar-refractivity contribution in [3.05, 3.63) is 45.4 Å². The highest BCUT2D eigenvalue weighted by Gasteiger charge is 2.09. The van der Waals surface area contributed by atoms with Gasteiger partial charge in [-0.3, -0.25) is 4.79 Å². The predicted molar refractivity (Wildman–Crippen MR) is 66.3 cm³/mol. The summed E-state index contributed by atoms with van der Waals surface area (Å²) in [7, 11) is 0. The van der Waals surface area contributed by atoms with Gasteiger partial charge in [-0.05, 0) is 25.1 Å². The second kappa shape index (κ2) is 4.63. The number of halogens is 1. The lowest BCUT2D eigenvalue weighted by Gasteiger charge is -2.02. The molecule has 0 spiro atoms. The first-order valence-electron chi connectivity index (χ1n) is 4.64. The first-order valence-corrected chi connectivity index (χ1v) is 5.90. The highest BCUT2D eigenvalue weighted by molar-refractivity contribution is 7.11. The molecule has 3 nitrogen and oxygen atoms in total. The van der Waals surface area contributed by atoms with Gasteiger partial charge in [0.2, 0.25) is 0 Å². The molecule has 1 aromatic carbocycles. The number of carbonyl (C=O) groups excluding carboxylic acids is 1. The molecule has 0 aliphatic carbocycles. The van der Waals surface area contributed by atoms with Crippen LogP contribution in [-0.2, 0) is 0 Å². The molecule has 2 aromatic rings. The van der Waals surface area contributed by atoms with E-state index in [0.717, 1.165) is 5.69 Å². The Morgan fingerprint density at radius 2 is 2.31 bits per heavy atom. The largest absolute Gasteiger partial charge is 0.320 e. The van der Waals surface area contributed by atoms with E-state index in [1.54, 1.807) is 24.3 Å². The van der Waals surface area contributed by atoms with Crippen molar-refractivity contribution in [3.8, 4) is 0 Å². The zero-order valence-electron chi connectivity index (χ0n) is 8.53. The molecule has 0 unspecified atom stereocenters. The van der Waals surface area contributed by atoms with Crippen molar-refractivity contribution in [1.82, 2.24) is 4.98 Å². The van der Waals surface area contributed by atoms with Gasteiger partial charge >= 0.3 is 0 Å². The minimum Gasteiger partial charge on any atom is -0.320 e. The van der Waals surface area contributed by atoms with Crippen molar-refractivity contribution in [2.24, 2.45) is 0 Å². The molecule has 0 atom stereocenters. The van der Waals surface area contributed by atoms with Crippen LogP contribution in [0.15, 0.2) is 29.6 Å². The lowest BCUT2D eigenvalue weighted by atomic mass is 10.3. The molecule has 0 bridgehead atoms. The van der Waals surface area contributed by atoms with E-state index in [4.69, 9.17) is 11.6 Å². The molecule has 5 heteroatoms. The Morgan fingerprint density at radius 1 is 1.50 bits per heavy atom. The van der Waals surface area contributed by atoms with Gasteiger partial charge in [0.25, 0.3) is 5.91 Å². The Labute approximate surface area is 102 Å². The number of carbonyl (C=O) groups is 1. The van der Waals surface area contributed by atoms with E-state index in [1.807, 2.05) is 12.3 Å². The monoisotopic (exact) mass is 252 g/mol. The maximum absolute atomic E-state index is 11.7. The lowest BCUT2D eigenvalue weighted by molar-refractivity contribution is 0.102. The van der Waals surface area contributed by atoms with Crippen LogP contribution in [0.5, 0.6) is 0 Å². The van der Waals surface area contributed by atoms with Crippen molar-refractivity contribution < 1.29 is 4.79 Å². The zero-order chi connectivity index (χ0) is 11.5. The summed E-state index contributed by atoms with van der Waals surface area (Å²) in [5, 5.41) is 5.62. The van der Waals surface area contributed by atoms with E-state index in [0.29, 0.717) is 15.7 Å². The van der Waals surface area contributed by atoms with Gasteiger partial charge in [-0.2, -0.15) is 0 Å². The summed E-state index contributed by atoms with van der Waals surface area (Å²) in [6.07, 6.45) is 0. The smallest absolute Gasteiger partial charge is 0.284 e. The van der Waals surface area contributed by atoms with Crippen LogP contribution in [0, 0.1) is 6.92 Å². The molecule has 0 aliphatic heterocycles. The summed E-state index contributed by atoms with van der Waals surface area (Å²) in [6, 6.07) is 7.01. The van der Waals surface area contributed by atoms with Gasteiger partial charge in [0.1, 0.15) is 0 Å². The highest BCUT2D eigenvalue weighted by atomic mass is 35.5. The van der Waals surface area contributed by atoms with Crippen molar-refractivity contribution in [3.63, 3.8) is 0 Å². The molecule has 0 aliphatic rings. The minimum absolute atomic E-state index is 0.208. The third-order valence-corrected chi connectivity index (χ3v) is 3.09. The number of nitrogens with one attached hydrogen (secondary N) is 1. The number of thiazole rings is 1. The molecule has 1 aromatic heterocycles. The first kappa shape index (κ1) is 11.1. The maximum atomic E-state index is 11.7. The van der Waals surface area contributed by atoms with Crippen LogP contribution in [0.25, 0.3) is 0 Å². The molecule has 82 valence electrons. The fraction of sp³-hybridized carbons (Fsp3) is 0.0909. The number of aryl methyl sites for hydroxylation is 1. The molecule has 1 heterocycles. The third kappa shape index (κ3) is 2.59. The van der Waals surface area contributed by atoms with Crippen molar-refractivity contribution in [1.29, 1.82) is 0 Å². The van der Waals surface area contributed by atoms with Gasteiger partial charge in [0.05, 0.1) is 0 Å². The number of aromatic nitrogens is 1. The summed E-state index contributed by atoms with van der Waals surface area (Å²) in [6.45, 7) is 1.85. The van der Waals surface area contributed by atoms with Gasteiger partial charge in [0.15, 0.2) is 5.01 Å². The van der Waals surface area contributed by atoms with Crippen LogP contribution in [-0.4, -0.2) is 10.9 Å². The summed E-state index contributed by atoms with van der Waals surface area (Å²) < 4.78 is 0. The standard InChI is InChI=1S/C11H9ClN2OS/c1-7-6-16-11(13-7)10(15)14-9-4-2-3-8(12)5-9/h2-6H,1H3,(H,14,15). The lowest BCUT2D eigenvalue weighted by Crippen LogP contribution is -2.11. The number of anilines is 1. The van der Waals surface area contributed by atoms with E-state index < -0.39 is 0 Å². The van der Waals surface area contributed by atoms with Crippen LogP contribution in [0.4, 0.5) is 5.69 Å². The van der Waals surface area contributed by atoms with Crippen LogP contribution < -0.4 is 5.32 Å². The Balaban J connectivity index is 2.13. The topological polar surface area (TPSA) is 42.0 Å². The summed E-state index contributed by atoms with van der Waals surface area (Å²) >= 11 is 7.14. The molecule has 2 rings (SSSR count). The fourth-order valence-corrected chi connectivity index (χ4v) is 2.09. The number of rotatable bonds is 2. The molecule has 16 heavy (non-hydrogen) atoms. The minimum atomic E-state index is -0.208. The molecule has 0 saturated heterocycles. The normalized spacial score (nSPS) is 10.1. The van der Waals surface area contributed by atoms with E-state index in [9.17, 15) is 4.79 Å². The van der Waals surface area contributed by atoms with Crippen molar-refractivity contribution in [2.75, 3.05) is 5.32 Å². The Morgan fingerprint density at radius 3 is 2.94 bits per heavy atom. The summed E-state index contributed by atoms with van der Waals surface area (Å²) in [4.78, 5) is 15.8. The summed E-state index contributed by atoms with van der Waals surface area (Å²) in [5.74, 6) is -0.208. The summed E-state index contributed by atoms with van der Waals surface area (Å²) in [5.41, 5.74) is 1.52. The molecule has 1 N–H and O–H groups in total. The fourth-order valence-electron chi connectivity index (χ4n) is 1.21.